The number of nitrogens with zero attached hydrogens (tertiary/aromatic N) is 5. The number of rotatable bonds is 2. The van der Waals surface area contributed by atoms with Crippen molar-refractivity contribution in [3.8, 4) is 11.3 Å². The van der Waals surface area contributed by atoms with Crippen LogP contribution in [-0.4, -0.2) is 36.0 Å². The third kappa shape index (κ3) is 3.60. The summed E-state index contributed by atoms with van der Waals surface area (Å²) in [6.45, 7) is 0. The third-order valence-electron chi connectivity index (χ3n) is 7.23. The summed E-state index contributed by atoms with van der Waals surface area (Å²) in [7, 11) is 1.62. The van der Waals surface area contributed by atoms with E-state index < -0.39 is 41.1 Å². The Kier molecular flexibility index (Phi) is 5.15. The van der Waals surface area contributed by atoms with E-state index in [9.17, 15) is 31.1 Å². The van der Waals surface area contributed by atoms with Gasteiger partial charge in [-0.05, 0) is 49.9 Å². The largest absolute Gasteiger partial charge is 0.416 e. The number of amides is 1. The standard InChI is InChI=1S/C25H19F6N5O/c1-34-23(12-7-16(26)21(28)17(27)8-12)15-10-14-3-2-4-18(22(15)33-34)36(14)24(37)19-11-32-20-9-13(25(29,30)31)5-6-35(19)20/h5-9,11,14,18H,2-4,10H2,1H3/t14-,18+/m0/s1. The number of pyridine rings is 1. The number of fused-ring (bicyclic) bond motifs is 5. The molecule has 1 amide bonds. The van der Waals surface area contributed by atoms with Gasteiger partial charge in [0.2, 0.25) is 0 Å². The van der Waals surface area contributed by atoms with E-state index >= 15 is 0 Å². The molecule has 0 spiro atoms. The zero-order chi connectivity index (χ0) is 26.2. The normalized spacial score (nSPS) is 19.4. The number of carbonyl (C=O) groups excluding carboxylic acids is 1. The molecule has 2 aliphatic heterocycles. The molecule has 1 saturated heterocycles. The molecule has 0 N–H and O–H groups in total. The molecule has 6 nitrogen and oxygen atoms in total. The molecule has 4 aromatic rings. The van der Waals surface area contributed by atoms with Crippen LogP contribution in [0.15, 0.2) is 36.7 Å². The second-order valence-electron chi connectivity index (χ2n) is 9.39. The van der Waals surface area contributed by atoms with Gasteiger partial charge >= 0.3 is 6.18 Å². The number of imidazole rings is 1. The summed E-state index contributed by atoms with van der Waals surface area (Å²) < 4.78 is 83.7. The molecule has 12 heteroatoms. The van der Waals surface area contributed by atoms with Crippen molar-refractivity contribution >= 4 is 11.6 Å². The highest BCUT2D eigenvalue weighted by molar-refractivity contribution is 5.94. The number of carbonyl (C=O) groups is 1. The SMILES string of the molecule is Cn1nc2c(c1-c1cc(F)c(F)c(F)c1)C[C@@H]1CCC[C@H]2N1C(=O)c1cnc2cc(C(F)(F)F)ccn12. The highest BCUT2D eigenvalue weighted by Crippen LogP contribution is 2.45. The quantitative estimate of drug-likeness (QED) is 0.261. The maximum absolute atomic E-state index is 14.0. The molecule has 3 aromatic heterocycles. The van der Waals surface area contributed by atoms with Gasteiger partial charge in [-0.25, -0.2) is 18.2 Å². The van der Waals surface area contributed by atoms with Gasteiger partial charge in [-0.1, -0.05) is 0 Å². The van der Waals surface area contributed by atoms with Gasteiger partial charge < -0.3 is 4.90 Å². The van der Waals surface area contributed by atoms with E-state index in [2.05, 4.69) is 10.1 Å². The van der Waals surface area contributed by atoms with E-state index in [1.165, 1.54) is 21.5 Å². The summed E-state index contributed by atoms with van der Waals surface area (Å²) in [4.78, 5) is 19.4. The van der Waals surface area contributed by atoms with Gasteiger partial charge in [0.25, 0.3) is 5.91 Å². The number of hydrogen-bond donors (Lipinski definition) is 0. The number of alkyl halides is 3. The Bertz CT molecular complexity index is 1550. The molecule has 2 atom stereocenters. The van der Waals surface area contributed by atoms with Crippen LogP contribution in [0.2, 0.25) is 0 Å². The lowest BCUT2D eigenvalue weighted by Crippen LogP contribution is -2.50. The molecule has 0 unspecified atom stereocenters. The molecule has 37 heavy (non-hydrogen) atoms. The van der Waals surface area contributed by atoms with Crippen molar-refractivity contribution in [1.82, 2.24) is 24.1 Å². The van der Waals surface area contributed by atoms with E-state index in [0.717, 1.165) is 36.2 Å². The van der Waals surface area contributed by atoms with Gasteiger partial charge in [-0.2, -0.15) is 18.3 Å². The van der Waals surface area contributed by atoms with Crippen molar-refractivity contribution in [3.05, 3.63) is 76.6 Å². The van der Waals surface area contributed by atoms with Crippen LogP contribution < -0.4 is 0 Å². The van der Waals surface area contributed by atoms with Crippen molar-refractivity contribution in [2.24, 2.45) is 7.05 Å². The van der Waals surface area contributed by atoms with Crippen molar-refractivity contribution in [2.75, 3.05) is 0 Å². The summed E-state index contributed by atoms with van der Waals surface area (Å²) in [6.07, 6.45) is 0.342. The number of hydrogen-bond acceptors (Lipinski definition) is 3. The molecule has 0 aliphatic carbocycles. The Morgan fingerprint density at radius 2 is 1.81 bits per heavy atom. The number of halogens is 6. The fourth-order valence-corrected chi connectivity index (χ4v) is 5.65. The molecule has 6 rings (SSSR count). The fourth-order valence-electron chi connectivity index (χ4n) is 5.65. The van der Waals surface area contributed by atoms with Crippen molar-refractivity contribution in [3.63, 3.8) is 0 Å². The number of aromatic nitrogens is 4. The Balaban J connectivity index is 1.41. The van der Waals surface area contributed by atoms with Crippen LogP contribution in [0.5, 0.6) is 0 Å². The van der Waals surface area contributed by atoms with Crippen LogP contribution in [0.4, 0.5) is 26.3 Å². The molecular formula is C25H19F6N5O. The van der Waals surface area contributed by atoms with Crippen molar-refractivity contribution in [1.29, 1.82) is 0 Å². The summed E-state index contributed by atoms with van der Waals surface area (Å²) in [5, 5.41) is 4.58. The average Bonchev–Trinajstić information content (AvgIpc) is 3.41. The second kappa shape index (κ2) is 8.09. The first-order chi connectivity index (χ1) is 17.5. The van der Waals surface area contributed by atoms with Crippen LogP contribution in [0, 0.1) is 17.5 Å². The predicted molar refractivity (Wildman–Crippen MR) is 119 cm³/mol. The Morgan fingerprint density at radius 3 is 2.51 bits per heavy atom. The maximum atomic E-state index is 14.0. The van der Waals surface area contributed by atoms with Crippen LogP contribution in [0.1, 0.15) is 52.6 Å². The minimum absolute atomic E-state index is 0.00141. The number of aryl methyl sites for hydroxylation is 1. The lowest BCUT2D eigenvalue weighted by molar-refractivity contribution is -0.137. The third-order valence-corrected chi connectivity index (χ3v) is 7.23. The molecule has 1 aromatic carbocycles. The fraction of sp³-hybridized carbons (Fsp3) is 0.320. The Morgan fingerprint density at radius 1 is 1.08 bits per heavy atom. The van der Waals surface area contributed by atoms with Crippen LogP contribution in [0.25, 0.3) is 16.9 Å². The number of piperidine rings is 1. The second-order valence-corrected chi connectivity index (χ2v) is 9.39. The summed E-state index contributed by atoms with van der Waals surface area (Å²) >= 11 is 0. The van der Waals surface area contributed by atoms with Gasteiger partial charge in [0.15, 0.2) is 17.5 Å². The van der Waals surface area contributed by atoms with Crippen LogP contribution >= 0.6 is 0 Å². The van der Waals surface area contributed by atoms with Crippen molar-refractivity contribution in [2.45, 2.75) is 43.9 Å². The summed E-state index contributed by atoms with van der Waals surface area (Å²) in [5.74, 6) is -4.56. The monoisotopic (exact) mass is 519 g/mol. The lowest BCUT2D eigenvalue weighted by Gasteiger charge is -2.45. The zero-order valence-corrected chi connectivity index (χ0v) is 19.4. The van der Waals surface area contributed by atoms with E-state index in [1.807, 2.05) is 0 Å². The van der Waals surface area contributed by atoms with Gasteiger partial charge in [0.1, 0.15) is 11.3 Å². The lowest BCUT2D eigenvalue weighted by atomic mass is 9.81. The smallest absolute Gasteiger partial charge is 0.325 e. The molecule has 5 heterocycles. The van der Waals surface area contributed by atoms with E-state index in [-0.39, 0.29) is 22.9 Å². The predicted octanol–water partition coefficient (Wildman–Crippen LogP) is 5.46. The summed E-state index contributed by atoms with van der Waals surface area (Å²) in [6, 6.07) is 2.93. The zero-order valence-electron chi connectivity index (χ0n) is 19.4. The molecule has 2 aliphatic rings. The van der Waals surface area contributed by atoms with Crippen LogP contribution in [-0.2, 0) is 19.6 Å². The van der Waals surface area contributed by atoms with Crippen LogP contribution in [0.3, 0.4) is 0 Å². The molecular weight excluding hydrogens is 500 g/mol. The highest BCUT2D eigenvalue weighted by atomic mass is 19.4. The van der Waals surface area contributed by atoms with Gasteiger partial charge in [0.05, 0.1) is 29.2 Å². The highest BCUT2D eigenvalue weighted by Gasteiger charge is 2.44. The van der Waals surface area contributed by atoms with Gasteiger partial charge in [-0.3, -0.25) is 13.9 Å². The van der Waals surface area contributed by atoms with Gasteiger partial charge in [0, 0.05) is 30.4 Å². The Hall–Kier alpha value is -3.83. The summed E-state index contributed by atoms with van der Waals surface area (Å²) in [5.41, 5.74) is 1.18. The van der Waals surface area contributed by atoms with E-state index in [1.54, 1.807) is 11.9 Å². The molecule has 0 saturated carbocycles. The minimum atomic E-state index is -4.54. The van der Waals surface area contributed by atoms with Gasteiger partial charge in [-0.15, -0.1) is 0 Å². The topological polar surface area (TPSA) is 55.4 Å². The van der Waals surface area contributed by atoms with Crippen molar-refractivity contribution < 1.29 is 31.1 Å². The Labute approximate surface area is 206 Å². The molecule has 192 valence electrons. The molecule has 2 bridgehead atoms. The molecule has 0 radical (unpaired) electrons. The first kappa shape index (κ1) is 23.6. The first-order valence-corrected chi connectivity index (χ1v) is 11.6. The minimum Gasteiger partial charge on any atom is -0.325 e. The molecule has 1 fully saturated rings. The first-order valence-electron chi connectivity index (χ1n) is 11.6. The average molecular weight is 519 g/mol. The van der Waals surface area contributed by atoms with E-state index in [0.29, 0.717) is 30.7 Å². The van der Waals surface area contributed by atoms with E-state index in [4.69, 9.17) is 0 Å². The maximum Gasteiger partial charge on any atom is 0.416 e. The number of benzene rings is 1.